The van der Waals surface area contributed by atoms with Crippen LogP contribution in [-0.4, -0.2) is 85.1 Å². The van der Waals surface area contributed by atoms with Gasteiger partial charge in [-0.2, -0.15) is 11.5 Å². The van der Waals surface area contributed by atoms with E-state index in [1.54, 1.807) is 0 Å². The molecular formula is C28H34N3O4S2Tc. The molecule has 4 rings (SSSR count). The maximum Gasteiger partial charge on any atom is 5.00 e. The van der Waals surface area contributed by atoms with Crippen LogP contribution >= 0.6 is 0 Å². The summed E-state index contributed by atoms with van der Waals surface area (Å²) in [5.74, 6) is 0.683. The van der Waals surface area contributed by atoms with Crippen LogP contribution < -0.4 is 5.11 Å². The summed E-state index contributed by atoms with van der Waals surface area (Å²) in [6.45, 7) is 3.02. The number of hydrogen-bond donors (Lipinski definition) is 0. The van der Waals surface area contributed by atoms with Crippen LogP contribution in [0.2, 0.25) is 0 Å². The van der Waals surface area contributed by atoms with Crippen molar-refractivity contribution in [2.45, 2.75) is 37.8 Å². The molecule has 0 spiro atoms. The van der Waals surface area contributed by atoms with Gasteiger partial charge in [0.25, 0.3) is 0 Å². The van der Waals surface area contributed by atoms with Crippen LogP contribution in [0.15, 0.2) is 53.0 Å². The average Bonchev–Trinajstić information content (AvgIpc) is 3.17. The summed E-state index contributed by atoms with van der Waals surface area (Å²) in [5.41, 5.74) is 3.04. The van der Waals surface area contributed by atoms with Gasteiger partial charge in [-0.15, -0.1) is 0 Å². The number of carbonyl (C=O) groups excluding carboxylic acids is 1. The summed E-state index contributed by atoms with van der Waals surface area (Å²) in [6, 6.07) is 15.2. The first-order chi connectivity index (χ1) is 17.5. The first-order valence-corrected chi connectivity index (χ1v) is 13.9. The van der Waals surface area contributed by atoms with Gasteiger partial charge in [-0.05, 0) is 72.6 Å². The van der Waals surface area contributed by atoms with Crippen LogP contribution in [0.5, 0.6) is 0 Å². The number of aliphatic imine (C=N–C) groups is 1. The van der Waals surface area contributed by atoms with Gasteiger partial charge < -0.3 is 50.5 Å². The van der Waals surface area contributed by atoms with Gasteiger partial charge in [-0.3, -0.25) is 4.90 Å². The molecule has 2 aromatic carbocycles. The molecule has 2 aromatic rings. The molecule has 2 heterocycles. The van der Waals surface area contributed by atoms with E-state index in [4.69, 9.17) is 30.0 Å². The number of hydrogen-bond acceptors (Lipinski definition) is 8. The molecule has 1 fully saturated rings. The molecule has 2 aliphatic heterocycles. The molecule has 7 nitrogen and oxygen atoms in total. The van der Waals surface area contributed by atoms with Gasteiger partial charge in [0.05, 0.1) is 12.7 Å². The Morgan fingerprint density at radius 1 is 1.13 bits per heavy atom. The molecule has 204 valence electrons. The van der Waals surface area contributed by atoms with Crippen LogP contribution in [0.1, 0.15) is 31.2 Å². The molecule has 0 aromatic heterocycles. The molecule has 0 amide bonds. The van der Waals surface area contributed by atoms with Gasteiger partial charge in [0.2, 0.25) is 0 Å². The number of benzene rings is 2. The van der Waals surface area contributed by atoms with Crippen molar-refractivity contribution in [1.29, 1.82) is 0 Å². The predicted molar refractivity (Wildman–Crippen MR) is 150 cm³/mol. The Bertz CT molecular complexity index is 1130. The second kappa shape index (κ2) is 16.0. The zero-order valence-corrected chi connectivity index (χ0v) is 25.1. The zero-order valence-electron chi connectivity index (χ0n) is 21.6. The van der Waals surface area contributed by atoms with E-state index >= 15 is 0 Å². The number of ether oxygens (including phenoxy) is 1. The van der Waals surface area contributed by atoms with Crippen LogP contribution in [0.25, 0.3) is 16.3 Å². The summed E-state index contributed by atoms with van der Waals surface area (Å²) in [7, 11) is 1.47. The van der Waals surface area contributed by atoms with E-state index < -0.39 is 0 Å². The van der Waals surface area contributed by atoms with Crippen molar-refractivity contribution in [3.63, 3.8) is 0 Å². The second-order valence-electron chi connectivity index (χ2n) is 9.45. The second-order valence-corrected chi connectivity index (χ2v) is 10.3. The summed E-state index contributed by atoms with van der Waals surface area (Å²) in [4.78, 5) is 21.6. The van der Waals surface area contributed by atoms with Crippen LogP contribution in [-0.2, 0) is 60.4 Å². The van der Waals surface area contributed by atoms with Crippen LogP contribution in [0.3, 0.4) is 0 Å². The van der Waals surface area contributed by atoms with E-state index in [-0.39, 0.29) is 50.0 Å². The number of carbonyl (C=O) groups is 1. The molecule has 2 atom stereocenters. The maximum atomic E-state index is 13.0. The fourth-order valence-electron chi connectivity index (χ4n) is 5.66. The van der Waals surface area contributed by atoms with Crippen molar-refractivity contribution in [3.05, 3.63) is 53.6 Å². The van der Waals surface area contributed by atoms with Crippen molar-refractivity contribution in [2.24, 2.45) is 4.99 Å². The third-order valence-corrected chi connectivity index (χ3v) is 7.65. The number of rotatable bonds is 12. The topological polar surface area (TPSA) is 96.7 Å². The average molecular weight is 639 g/mol. The van der Waals surface area contributed by atoms with Crippen molar-refractivity contribution in [2.75, 3.05) is 51.3 Å². The first-order valence-electron chi connectivity index (χ1n) is 12.7. The third kappa shape index (κ3) is 7.84. The Balaban J connectivity index is 0.00000253. The fraction of sp³-hybridized carbons (Fsp3) is 0.500. The Hall–Kier alpha value is -1.39. The molecule has 0 aliphatic carbocycles. The van der Waals surface area contributed by atoms with E-state index in [9.17, 15) is 9.90 Å². The van der Waals surface area contributed by atoms with Gasteiger partial charge in [0, 0.05) is 31.7 Å². The fourth-order valence-corrected chi connectivity index (χ4v) is 6.01. The Labute approximate surface area is 250 Å². The first kappa shape index (κ1) is 32.8. The van der Waals surface area contributed by atoms with Crippen molar-refractivity contribution in [1.82, 2.24) is 9.80 Å². The van der Waals surface area contributed by atoms with Gasteiger partial charge in [-0.1, -0.05) is 36.4 Å². The SMILES string of the molecule is COC(=O)C1=C(c2ccc3ccccc3c2)CC2CCC1N2CCCN(CC[S-])CC([O-])=NCC[S-].[O-2].[Tc+5]. The standard InChI is InChI=1S/C28H37N3O3S2.O.Tc/c1-34-28(33)27-24(22-8-7-20-5-2-3-6-21(20)17-22)18-23-9-10-25(27)31(23)13-4-12-30(14-16-36)19-26(32)29-11-15-35;;/h2-3,5-8,17,23,25,35-36H,4,9-16,18-19H2,1H3,(H,29,32);;/q;-2;+5/p-3. The molecule has 2 bridgehead atoms. The molecule has 0 saturated carbocycles. The number of nitrogens with zero attached hydrogens (tertiary/aromatic N) is 3. The number of fused-ring (bicyclic) bond motifs is 3. The van der Waals surface area contributed by atoms with E-state index in [2.05, 4.69) is 45.1 Å². The number of esters is 1. The third-order valence-electron chi connectivity index (χ3n) is 7.28. The molecule has 10 heteroatoms. The molecule has 2 unspecified atom stereocenters. The smallest absolute Gasteiger partial charge is 2.00 e. The van der Waals surface area contributed by atoms with Crippen LogP contribution in [0, 0.1) is 0 Å². The minimum absolute atomic E-state index is 0. The van der Waals surface area contributed by atoms with Gasteiger partial charge in [0.1, 0.15) is 0 Å². The molecule has 0 radical (unpaired) electrons. The molecule has 2 aliphatic rings. The largest absolute Gasteiger partial charge is 5.00 e. The summed E-state index contributed by atoms with van der Waals surface area (Å²) < 4.78 is 5.28. The van der Waals surface area contributed by atoms with Gasteiger partial charge in [-0.25, -0.2) is 4.79 Å². The van der Waals surface area contributed by atoms with Crippen molar-refractivity contribution >= 4 is 53.5 Å². The minimum Gasteiger partial charge on any atom is -2.00 e. The quantitative estimate of drug-likeness (QED) is 0.153. The van der Waals surface area contributed by atoms with Gasteiger partial charge in [0.15, 0.2) is 0 Å². The Morgan fingerprint density at radius 3 is 2.61 bits per heavy atom. The van der Waals surface area contributed by atoms with Crippen LogP contribution in [0.4, 0.5) is 0 Å². The summed E-state index contributed by atoms with van der Waals surface area (Å²) >= 11 is 10.1. The molecule has 1 saturated heterocycles. The molecule has 0 N–H and O–H groups in total. The van der Waals surface area contributed by atoms with Crippen molar-refractivity contribution < 1.29 is 40.2 Å². The van der Waals surface area contributed by atoms with E-state index in [0.717, 1.165) is 55.5 Å². The van der Waals surface area contributed by atoms with Gasteiger partial charge >= 0.3 is 26.1 Å². The Kier molecular flexibility index (Phi) is 13.8. The molecule has 38 heavy (non-hydrogen) atoms. The minimum atomic E-state index is -0.227. The normalized spacial score (nSPS) is 19.4. The predicted octanol–water partition coefficient (Wildman–Crippen LogP) is 2.43. The van der Waals surface area contributed by atoms with E-state index in [0.29, 0.717) is 30.6 Å². The summed E-state index contributed by atoms with van der Waals surface area (Å²) in [6.07, 6.45) is 3.76. The Morgan fingerprint density at radius 2 is 1.89 bits per heavy atom. The maximum absolute atomic E-state index is 13.0. The zero-order chi connectivity index (χ0) is 25.5. The van der Waals surface area contributed by atoms with E-state index in [1.165, 1.54) is 17.9 Å². The monoisotopic (exact) mass is 637 g/mol. The summed E-state index contributed by atoms with van der Waals surface area (Å²) in [5, 5.41) is 14.5. The number of methoxy groups -OCH3 is 1. The van der Waals surface area contributed by atoms with Crippen molar-refractivity contribution in [3.8, 4) is 0 Å². The molecular weight excluding hydrogens is 604 g/mol. The van der Waals surface area contributed by atoms with E-state index in [1.807, 2.05) is 12.1 Å².